The first-order valence-corrected chi connectivity index (χ1v) is 6.81. The number of carbonyl (C=O) groups is 1. The second kappa shape index (κ2) is 4.74. The first-order chi connectivity index (χ1) is 9.58. The van der Waals surface area contributed by atoms with Crippen LogP contribution in [0.4, 0.5) is 5.82 Å². The van der Waals surface area contributed by atoms with Gasteiger partial charge in [-0.2, -0.15) is 0 Å². The number of nitrogens with zero attached hydrogens (tertiary/aromatic N) is 2. The molecule has 1 aliphatic rings. The second-order valence-corrected chi connectivity index (χ2v) is 5.48. The van der Waals surface area contributed by atoms with Crippen molar-refractivity contribution in [2.45, 2.75) is 38.1 Å². The number of nitrogens with one attached hydrogen (secondary N) is 1. The molecule has 0 aliphatic heterocycles. The van der Waals surface area contributed by atoms with Gasteiger partial charge in [0.15, 0.2) is 0 Å². The highest BCUT2D eigenvalue weighted by Gasteiger charge is 2.39. The van der Waals surface area contributed by atoms with Crippen LogP contribution in [0.1, 0.15) is 31.4 Å². The third kappa shape index (κ3) is 2.31. The minimum Gasteiger partial charge on any atom is -0.481 e. The predicted octanol–water partition coefficient (Wildman–Crippen LogP) is 2.75. The van der Waals surface area contributed by atoms with Gasteiger partial charge in [-0.05, 0) is 38.3 Å². The summed E-state index contributed by atoms with van der Waals surface area (Å²) in [5, 5.41) is 12.4. The average molecular weight is 271 g/mol. The molecule has 0 amide bonds. The van der Waals surface area contributed by atoms with E-state index in [1.165, 1.54) is 0 Å². The molecule has 2 aromatic rings. The Balaban J connectivity index is 1.93. The van der Waals surface area contributed by atoms with E-state index in [2.05, 4.69) is 15.3 Å². The Morgan fingerprint density at radius 1 is 1.30 bits per heavy atom. The number of fused-ring (bicyclic) bond motifs is 1. The summed E-state index contributed by atoms with van der Waals surface area (Å²) < 4.78 is 0. The van der Waals surface area contributed by atoms with Gasteiger partial charge in [0, 0.05) is 5.54 Å². The van der Waals surface area contributed by atoms with Gasteiger partial charge >= 0.3 is 5.97 Å². The van der Waals surface area contributed by atoms with Crippen molar-refractivity contribution in [1.82, 2.24) is 9.97 Å². The normalized spacial score (nSPS) is 16.6. The molecule has 1 saturated carbocycles. The summed E-state index contributed by atoms with van der Waals surface area (Å²) in [6.45, 7) is 1.90. The summed E-state index contributed by atoms with van der Waals surface area (Å²) in [6, 6.07) is 7.70. The molecule has 0 bridgehead atoms. The van der Waals surface area contributed by atoms with E-state index in [4.69, 9.17) is 5.11 Å². The number of carboxylic acid groups (broad SMARTS) is 1. The van der Waals surface area contributed by atoms with Crippen molar-refractivity contribution in [3.05, 3.63) is 30.0 Å². The zero-order valence-electron chi connectivity index (χ0n) is 11.4. The number of carboxylic acids is 1. The number of aliphatic carboxylic acids is 1. The van der Waals surface area contributed by atoms with E-state index in [-0.39, 0.29) is 12.0 Å². The summed E-state index contributed by atoms with van der Waals surface area (Å²) in [5.41, 5.74) is 2.13. The summed E-state index contributed by atoms with van der Waals surface area (Å²) in [5.74, 6) is -0.0757. The van der Waals surface area contributed by atoms with Crippen LogP contribution in [0.15, 0.2) is 24.3 Å². The van der Waals surface area contributed by atoms with Gasteiger partial charge in [0.05, 0.1) is 23.1 Å². The fourth-order valence-corrected chi connectivity index (χ4v) is 2.70. The van der Waals surface area contributed by atoms with E-state index in [1.807, 2.05) is 31.2 Å². The van der Waals surface area contributed by atoms with Crippen molar-refractivity contribution in [3.8, 4) is 0 Å². The molecular weight excluding hydrogens is 254 g/mol. The van der Waals surface area contributed by atoms with Crippen LogP contribution in [0.5, 0.6) is 0 Å². The van der Waals surface area contributed by atoms with Crippen molar-refractivity contribution >= 4 is 22.8 Å². The molecule has 1 aromatic carbocycles. The molecule has 1 aromatic heterocycles. The van der Waals surface area contributed by atoms with Gasteiger partial charge in [0.25, 0.3) is 0 Å². The average Bonchev–Trinajstić information content (AvgIpc) is 2.36. The molecule has 0 atom stereocenters. The van der Waals surface area contributed by atoms with E-state index in [0.717, 1.165) is 36.0 Å². The highest BCUT2D eigenvalue weighted by atomic mass is 16.4. The van der Waals surface area contributed by atoms with Gasteiger partial charge in [-0.3, -0.25) is 4.79 Å². The molecule has 1 fully saturated rings. The number of benzene rings is 1. The number of aryl methyl sites for hydroxylation is 1. The lowest BCUT2D eigenvalue weighted by molar-refractivity contribution is -0.138. The van der Waals surface area contributed by atoms with Gasteiger partial charge < -0.3 is 10.4 Å². The van der Waals surface area contributed by atoms with Crippen molar-refractivity contribution in [2.24, 2.45) is 0 Å². The monoisotopic (exact) mass is 271 g/mol. The Hall–Kier alpha value is -2.17. The zero-order chi connectivity index (χ0) is 14.2. The van der Waals surface area contributed by atoms with Crippen LogP contribution in [-0.2, 0) is 4.79 Å². The molecule has 5 heteroatoms. The Labute approximate surface area is 117 Å². The van der Waals surface area contributed by atoms with Crippen LogP contribution in [0.2, 0.25) is 0 Å². The molecule has 0 radical (unpaired) electrons. The number of anilines is 1. The van der Waals surface area contributed by atoms with Crippen LogP contribution in [-0.4, -0.2) is 26.6 Å². The molecule has 1 aliphatic carbocycles. The number of aromatic nitrogens is 2. The minimum atomic E-state index is -0.774. The van der Waals surface area contributed by atoms with Crippen LogP contribution >= 0.6 is 0 Å². The van der Waals surface area contributed by atoms with Gasteiger partial charge in [0.1, 0.15) is 5.82 Å². The van der Waals surface area contributed by atoms with Crippen LogP contribution in [0.3, 0.4) is 0 Å². The number of rotatable bonds is 4. The number of hydrogen-bond donors (Lipinski definition) is 2. The summed E-state index contributed by atoms with van der Waals surface area (Å²) in [4.78, 5) is 20.1. The zero-order valence-corrected chi connectivity index (χ0v) is 11.4. The van der Waals surface area contributed by atoms with E-state index in [1.54, 1.807) is 0 Å². The standard InChI is InChI=1S/C15H17N3O2/c1-10-14(17-12-6-3-2-5-11(12)16-10)18-15(7-4-8-15)9-13(19)20/h2-3,5-6H,4,7-9H2,1H3,(H,17,18)(H,19,20). The van der Waals surface area contributed by atoms with Gasteiger partial charge in [-0.1, -0.05) is 12.1 Å². The van der Waals surface area contributed by atoms with Crippen LogP contribution < -0.4 is 5.32 Å². The number of hydrogen-bond acceptors (Lipinski definition) is 4. The van der Waals surface area contributed by atoms with Crippen LogP contribution in [0.25, 0.3) is 11.0 Å². The first kappa shape index (κ1) is 12.8. The maximum absolute atomic E-state index is 11.0. The van der Waals surface area contributed by atoms with Crippen molar-refractivity contribution in [2.75, 3.05) is 5.32 Å². The highest BCUT2D eigenvalue weighted by Crippen LogP contribution is 2.38. The van der Waals surface area contributed by atoms with E-state index in [0.29, 0.717) is 5.82 Å². The summed E-state index contributed by atoms with van der Waals surface area (Å²) >= 11 is 0. The van der Waals surface area contributed by atoms with Gasteiger partial charge in [-0.15, -0.1) is 0 Å². The van der Waals surface area contributed by atoms with Crippen molar-refractivity contribution < 1.29 is 9.90 Å². The molecule has 0 saturated heterocycles. The largest absolute Gasteiger partial charge is 0.481 e. The van der Waals surface area contributed by atoms with Gasteiger partial charge in [0.2, 0.25) is 0 Å². The van der Waals surface area contributed by atoms with Crippen molar-refractivity contribution in [3.63, 3.8) is 0 Å². The third-order valence-corrected chi connectivity index (χ3v) is 3.93. The minimum absolute atomic E-state index is 0.126. The fourth-order valence-electron chi connectivity index (χ4n) is 2.70. The molecule has 0 spiro atoms. The van der Waals surface area contributed by atoms with Gasteiger partial charge in [-0.25, -0.2) is 9.97 Å². The maximum Gasteiger partial charge on any atom is 0.305 e. The lowest BCUT2D eigenvalue weighted by Crippen LogP contribution is -2.47. The van der Waals surface area contributed by atoms with E-state index in [9.17, 15) is 4.79 Å². The quantitative estimate of drug-likeness (QED) is 0.894. The Morgan fingerprint density at radius 3 is 2.50 bits per heavy atom. The van der Waals surface area contributed by atoms with E-state index >= 15 is 0 Å². The SMILES string of the molecule is Cc1nc2ccccc2nc1NC1(CC(=O)O)CCC1. The smallest absolute Gasteiger partial charge is 0.305 e. The Bertz CT molecular complexity index is 665. The second-order valence-electron chi connectivity index (χ2n) is 5.48. The molecule has 104 valence electrons. The van der Waals surface area contributed by atoms with Crippen LogP contribution in [0, 0.1) is 6.92 Å². The molecule has 1 heterocycles. The predicted molar refractivity (Wildman–Crippen MR) is 76.7 cm³/mol. The fraction of sp³-hybridized carbons (Fsp3) is 0.400. The summed E-state index contributed by atoms with van der Waals surface area (Å²) in [7, 11) is 0. The lowest BCUT2D eigenvalue weighted by Gasteiger charge is -2.42. The lowest BCUT2D eigenvalue weighted by atomic mass is 9.74. The summed E-state index contributed by atoms with van der Waals surface area (Å²) in [6.07, 6.45) is 2.92. The molecule has 5 nitrogen and oxygen atoms in total. The molecule has 20 heavy (non-hydrogen) atoms. The van der Waals surface area contributed by atoms with E-state index < -0.39 is 5.97 Å². The third-order valence-electron chi connectivity index (χ3n) is 3.93. The first-order valence-electron chi connectivity index (χ1n) is 6.81. The Morgan fingerprint density at radius 2 is 1.95 bits per heavy atom. The molecule has 0 unspecified atom stereocenters. The number of para-hydroxylation sites is 2. The topological polar surface area (TPSA) is 75.1 Å². The molecule has 3 rings (SSSR count). The van der Waals surface area contributed by atoms with Crippen molar-refractivity contribution in [1.29, 1.82) is 0 Å². The highest BCUT2D eigenvalue weighted by molar-refractivity contribution is 5.76. The molecular formula is C15H17N3O2. The Kier molecular flexibility index (Phi) is 3.04. The molecule has 2 N–H and O–H groups in total. The maximum atomic E-state index is 11.0.